The molecule has 1 saturated heterocycles. The highest BCUT2D eigenvalue weighted by atomic mass is 16.5. The van der Waals surface area contributed by atoms with Gasteiger partial charge in [-0.05, 0) is 25.3 Å². The number of hydrogen-bond acceptors (Lipinski definition) is 3. The lowest BCUT2D eigenvalue weighted by Crippen LogP contribution is -2.32. The van der Waals surface area contributed by atoms with E-state index in [4.69, 9.17) is 4.74 Å². The van der Waals surface area contributed by atoms with Crippen molar-refractivity contribution in [3.8, 4) is 5.75 Å². The Kier molecular flexibility index (Phi) is 4.80. The van der Waals surface area contributed by atoms with E-state index in [9.17, 15) is 9.90 Å². The van der Waals surface area contributed by atoms with Crippen molar-refractivity contribution in [2.75, 3.05) is 19.7 Å². The van der Waals surface area contributed by atoms with Crippen LogP contribution in [0.4, 0.5) is 0 Å². The Bertz CT molecular complexity index is 427. The van der Waals surface area contributed by atoms with E-state index in [0.29, 0.717) is 12.2 Å². The van der Waals surface area contributed by atoms with E-state index in [1.54, 1.807) is 6.07 Å². The van der Waals surface area contributed by atoms with Gasteiger partial charge in [0.15, 0.2) is 6.61 Å². The molecule has 2 rings (SSSR count). The minimum absolute atomic E-state index is 0.0262. The molecule has 0 bridgehead atoms. The van der Waals surface area contributed by atoms with Gasteiger partial charge in [0.1, 0.15) is 5.75 Å². The molecular weight excluding hydrogens is 242 g/mol. The van der Waals surface area contributed by atoms with Gasteiger partial charge in [0.05, 0.1) is 6.10 Å². The van der Waals surface area contributed by atoms with E-state index < -0.39 is 6.10 Å². The number of aliphatic hydroxyl groups is 1. The Hall–Kier alpha value is -1.55. The minimum atomic E-state index is -0.543. The van der Waals surface area contributed by atoms with Gasteiger partial charge < -0.3 is 14.7 Å². The monoisotopic (exact) mass is 263 g/mol. The number of rotatable bonds is 5. The number of nitrogens with zero attached hydrogens (tertiary/aromatic N) is 1. The fourth-order valence-corrected chi connectivity index (χ4v) is 2.30. The number of benzene rings is 1. The lowest BCUT2D eigenvalue weighted by atomic mass is 10.1. The zero-order chi connectivity index (χ0) is 13.7. The average molecular weight is 263 g/mol. The van der Waals surface area contributed by atoms with Crippen molar-refractivity contribution in [1.29, 1.82) is 0 Å². The summed E-state index contributed by atoms with van der Waals surface area (Å²) in [6.07, 6.45) is 2.24. The largest absolute Gasteiger partial charge is 0.483 e. The van der Waals surface area contributed by atoms with Crippen LogP contribution in [0.5, 0.6) is 5.75 Å². The van der Waals surface area contributed by atoms with E-state index in [2.05, 4.69) is 0 Å². The Morgan fingerprint density at radius 3 is 2.74 bits per heavy atom. The lowest BCUT2D eigenvalue weighted by Gasteiger charge is -2.18. The maximum absolute atomic E-state index is 11.9. The average Bonchev–Trinajstić information content (AvgIpc) is 2.98. The van der Waals surface area contributed by atoms with Crippen LogP contribution in [0.2, 0.25) is 0 Å². The maximum atomic E-state index is 11.9. The van der Waals surface area contributed by atoms with Crippen LogP contribution in [-0.2, 0) is 4.79 Å². The van der Waals surface area contributed by atoms with Gasteiger partial charge in [0.25, 0.3) is 5.91 Å². The van der Waals surface area contributed by atoms with Crippen molar-refractivity contribution in [3.05, 3.63) is 29.8 Å². The first-order chi connectivity index (χ1) is 9.22. The highest BCUT2D eigenvalue weighted by Crippen LogP contribution is 2.26. The summed E-state index contributed by atoms with van der Waals surface area (Å²) in [5, 5.41) is 9.91. The molecular formula is C15H21NO3. The Labute approximate surface area is 114 Å². The molecule has 1 fully saturated rings. The Morgan fingerprint density at radius 2 is 2.05 bits per heavy atom. The van der Waals surface area contributed by atoms with Crippen molar-refractivity contribution < 1.29 is 14.6 Å². The molecule has 104 valence electrons. The number of para-hydroxylation sites is 1. The molecule has 4 heteroatoms. The van der Waals surface area contributed by atoms with Crippen LogP contribution in [0.1, 0.15) is 37.9 Å². The molecule has 0 aromatic heterocycles. The van der Waals surface area contributed by atoms with Gasteiger partial charge in [0.2, 0.25) is 0 Å². The first-order valence-corrected chi connectivity index (χ1v) is 6.90. The molecule has 0 aliphatic carbocycles. The number of amides is 1. The summed E-state index contributed by atoms with van der Waals surface area (Å²) in [7, 11) is 0. The van der Waals surface area contributed by atoms with E-state index in [1.807, 2.05) is 30.0 Å². The molecule has 4 nitrogen and oxygen atoms in total. The highest BCUT2D eigenvalue weighted by Gasteiger charge is 2.19. The second-order valence-corrected chi connectivity index (χ2v) is 4.84. The van der Waals surface area contributed by atoms with Crippen LogP contribution in [0, 0.1) is 0 Å². The predicted octanol–water partition coefficient (Wildman–Crippen LogP) is 2.13. The predicted molar refractivity (Wildman–Crippen MR) is 73.0 cm³/mol. The molecule has 1 amide bonds. The molecule has 0 radical (unpaired) electrons. The molecule has 1 heterocycles. The standard InChI is InChI=1S/C15H21NO3/c1-2-13(17)12-7-3-4-8-14(12)19-11-15(18)16-9-5-6-10-16/h3-4,7-8,13,17H,2,5-6,9-11H2,1H3/t13-/m1/s1. The van der Waals surface area contributed by atoms with Gasteiger partial charge in [-0.1, -0.05) is 25.1 Å². The van der Waals surface area contributed by atoms with Gasteiger partial charge >= 0.3 is 0 Å². The zero-order valence-electron chi connectivity index (χ0n) is 11.3. The van der Waals surface area contributed by atoms with E-state index in [0.717, 1.165) is 31.5 Å². The molecule has 19 heavy (non-hydrogen) atoms. The molecule has 1 aromatic rings. The van der Waals surface area contributed by atoms with E-state index in [-0.39, 0.29) is 12.5 Å². The Morgan fingerprint density at radius 1 is 1.37 bits per heavy atom. The van der Waals surface area contributed by atoms with E-state index in [1.165, 1.54) is 0 Å². The van der Waals surface area contributed by atoms with Gasteiger partial charge in [-0.25, -0.2) is 0 Å². The summed E-state index contributed by atoms with van der Waals surface area (Å²) in [6, 6.07) is 7.35. The van der Waals surface area contributed by atoms with E-state index >= 15 is 0 Å². The second-order valence-electron chi connectivity index (χ2n) is 4.84. The molecule has 0 spiro atoms. The number of carbonyl (C=O) groups is 1. The fourth-order valence-electron chi connectivity index (χ4n) is 2.30. The molecule has 1 aliphatic rings. The van der Waals surface area contributed by atoms with Crippen LogP contribution in [0.15, 0.2) is 24.3 Å². The van der Waals surface area contributed by atoms with Gasteiger partial charge in [-0.15, -0.1) is 0 Å². The van der Waals surface area contributed by atoms with Gasteiger partial charge in [0, 0.05) is 18.7 Å². The smallest absolute Gasteiger partial charge is 0.260 e. The molecule has 1 aromatic carbocycles. The van der Waals surface area contributed by atoms with Crippen molar-refractivity contribution >= 4 is 5.91 Å². The topological polar surface area (TPSA) is 49.8 Å². The Balaban J connectivity index is 1.97. The summed E-state index contributed by atoms with van der Waals surface area (Å²) in [5.74, 6) is 0.627. The third-order valence-electron chi connectivity index (χ3n) is 3.47. The van der Waals surface area contributed by atoms with Crippen LogP contribution < -0.4 is 4.74 Å². The molecule has 1 atom stereocenters. The minimum Gasteiger partial charge on any atom is -0.483 e. The van der Waals surface area contributed by atoms with Crippen molar-refractivity contribution in [1.82, 2.24) is 4.90 Å². The summed E-state index contributed by atoms with van der Waals surface area (Å²) in [6.45, 7) is 3.63. The summed E-state index contributed by atoms with van der Waals surface area (Å²) in [5.41, 5.74) is 0.749. The highest BCUT2D eigenvalue weighted by molar-refractivity contribution is 5.78. The first kappa shape index (κ1) is 13.9. The third-order valence-corrected chi connectivity index (χ3v) is 3.47. The van der Waals surface area contributed by atoms with Crippen molar-refractivity contribution in [2.45, 2.75) is 32.3 Å². The van der Waals surface area contributed by atoms with Crippen molar-refractivity contribution in [2.24, 2.45) is 0 Å². The molecule has 0 unspecified atom stereocenters. The lowest BCUT2D eigenvalue weighted by molar-refractivity contribution is -0.132. The fraction of sp³-hybridized carbons (Fsp3) is 0.533. The van der Waals surface area contributed by atoms with Gasteiger partial charge in [-0.3, -0.25) is 4.79 Å². The maximum Gasteiger partial charge on any atom is 0.260 e. The number of ether oxygens (including phenoxy) is 1. The zero-order valence-corrected chi connectivity index (χ0v) is 11.3. The number of aliphatic hydroxyl groups excluding tert-OH is 1. The quantitative estimate of drug-likeness (QED) is 0.885. The second kappa shape index (κ2) is 6.57. The SMILES string of the molecule is CC[C@@H](O)c1ccccc1OCC(=O)N1CCCC1. The first-order valence-electron chi connectivity index (χ1n) is 6.90. The van der Waals surface area contributed by atoms with Crippen LogP contribution in [-0.4, -0.2) is 35.6 Å². The molecule has 1 aliphatic heterocycles. The van der Waals surface area contributed by atoms with Crippen LogP contribution >= 0.6 is 0 Å². The van der Waals surface area contributed by atoms with Crippen molar-refractivity contribution in [3.63, 3.8) is 0 Å². The number of hydrogen-bond donors (Lipinski definition) is 1. The summed E-state index contributed by atoms with van der Waals surface area (Å²) >= 11 is 0. The molecule has 1 N–H and O–H groups in total. The summed E-state index contributed by atoms with van der Waals surface area (Å²) < 4.78 is 5.58. The normalized spacial score (nSPS) is 16.4. The number of likely N-dealkylation sites (tertiary alicyclic amines) is 1. The summed E-state index contributed by atoms with van der Waals surface area (Å²) in [4.78, 5) is 13.7. The third kappa shape index (κ3) is 3.47. The van der Waals surface area contributed by atoms with Crippen LogP contribution in [0.25, 0.3) is 0 Å². The number of carbonyl (C=O) groups excluding carboxylic acids is 1. The van der Waals surface area contributed by atoms with Crippen LogP contribution in [0.3, 0.4) is 0 Å². The van der Waals surface area contributed by atoms with Gasteiger partial charge in [-0.2, -0.15) is 0 Å². The molecule has 0 saturated carbocycles.